The van der Waals surface area contributed by atoms with E-state index in [0.29, 0.717) is 12.5 Å². The molecule has 1 aromatic rings. The Morgan fingerprint density at radius 3 is 2.31 bits per heavy atom. The molecule has 0 saturated carbocycles. The van der Waals surface area contributed by atoms with Crippen molar-refractivity contribution < 1.29 is 4.74 Å². The average molecular weight is 380 g/mol. The summed E-state index contributed by atoms with van der Waals surface area (Å²) in [7, 11) is 0. The van der Waals surface area contributed by atoms with Crippen LogP contribution >= 0.6 is 11.6 Å². The Balaban J connectivity index is 1.51. The predicted molar refractivity (Wildman–Crippen MR) is 108 cm³/mol. The molecule has 1 aromatic carbocycles. The minimum absolute atomic E-state index is 0.000467. The molecule has 3 rings (SSSR count). The monoisotopic (exact) mass is 379 g/mol. The molecule has 0 radical (unpaired) electrons. The molecule has 0 spiro atoms. The number of hydrogen-bond acceptors (Lipinski definition) is 4. The number of anilines is 1. The van der Waals surface area contributed by atoms with Gasteiger partial charge in [-0.25, -0.2) is 0 Å². The largest absolute Gasteiger partial charge is 0.379 e. The standard InChI is InChI=1S/C19H30ClN5O/c1-19(2,25-11-13-26-14-12-25)15-22-18(21)24-9-7-23(8-10-24)17-5-3-16(20)4-6-17/h3-6H,7-15H2,1-2H3,(H2,21,22). The van der Waals surface area contributed by atoms with Crippen LogP contribution in [0.15, 0.2) is 29.3 Å². The summed E-state index contributed by atoms with van der Waals surface area (Å²) in [5.74, 6) is 0.655. The van der Waals surface area contributed by atoms with Gasteiger partial charge >= 0.3 is 0 Å². The second-order valence-electron chi connectivity index (χ2n) is 7.54. The third-order valence-corrected chi connectivity index (χ3v) is 5.54. The molecule has 0 unspecified atom stereocenters. The normalized spacial score (nSPS) is 20.5. The number of rotatable bonds is 4. The molecule has 2 saturated heterocycles. The van der Waals surface area contributed by atoms with Crippen molar-refractivity contribution >= 4 is 23.2 Å². The maximum Gasteiger partial charge on any atom is 0.191 e. The second kappa shape index (κ2) is 8.46. The molecule has 0 atom stereocenters. The van der Waals surface area contributed by atoms with Crippen LogP contribution in [-0.2, 0) is 4.74 Å². The fraction of sp³-hybridized carbons (Fsp3) is 0.632. The number of morpholine rings is 1. The number of piperazine rings is 1. The van der Waals surface area contributed by atoms with Gasteiger partial charge < -0.3 is 20.3 Å². The molecule has 6 nitrogen and oxygen atoms in total. The van der Waals surface area contributed by atoms with Crippen LogP contribution in [-0.4, -0.2) is 80.3 Å². The van der Waals surface area contributed by atoms with Gasteiger partial charge in [-0.05, 0) is 38.1 Å². The SMILES string of the molecule is CC(C)(CN=C(N)N1CCN(c2ccc(Cl)cc2)CC1)N1CCOCC1. The summed E-state index contributed by atoms with van der Waals surface area (Å²) in [6.07, 6.45) is 0. The highest BCUT2D eigenvalue weighted by atomic mass is 35.5. The topological polar surface area (TPSA) is 57.3 Å². The summed E-state index contributed by atoms with van der Waals surface area (Å²) in [5.41, 5.74) is 7.49. The second-order valence-corrected chi connectivity index (χ2v) is 7.97. The molecule has 0 aliphatic carbocycles. The van der Waals surface area contributed by atoms with E-state index in [-0.39, 0.29) is 5.54 Å². The van der Waals surface area contributed by atoms with Crippen molar-refractivity contribution in [3.05, 3.63) is 29.3 Å². The van der Waals surface area contributed by atoms with E-state index in [0.717, 1.165) is 57.5 Å². The van der Waals surface area contributed by atoms with E-state index in [9.17, 15) is 0 Å². The first-order chi connectivity index (χ1) is 12.5. The van der Waals surface area contributed by atoms with E-state index in [2.05, 4.69) is 40.7 Å². The molecule has 0 amide bonds. The van der Waals surface area contributed by atoms with Crippen LogP contribution in [0.25, 0.3) is 0 Å². The molecule has 2 N–H and O–H groups in total. The zero-order valence-electron chi connectivity index (χ0n) is 15.8. The van der Waals surface area contributed by atoms with Crippen LogP contribution in [0.3, 0.4) is 0 Å². The highest BCUT2D eigenvalue weighted by molar-refractivity contribution is 6.30. The van der Waals surface area contributed by atoms with Gasteiger partial charge in [0.1, 0.15) is 0 Å². The molecule has 26 heavy (non-hydrogen) atoms. The Morgan fingerprint density at radius 1 is 1.08 bits per heavy atom. The molecular weight excluding hydrogens is 350 g/mol. The summed E-state index contributed by atoms with van der Waals surface area (Å²) < 4.78 is 5.45. The Bertz CT molecular complexity index is 605. The molecule has 2 heterocycles. The molecule has 144 valence electrons. The van der Waals surface area contributed by atoms with Gasteiger partial charge in [-0.2, -0.15) is 0 Å². The van der Waals surface area contributed by atoms with Crippen LogP contribution in [0, 0.1) is 0 Å². The van der Waals surface area contributed by atoms with Crippen molar-refractivity contribution in [1.29, 1.82) is 0 Å². The van der Waals surface area contributed by atoms with Crippen molar-refractivity contribution in [3.63, 3.8) is 0 Å². The minimum atomic E-state index is -0.000467. The Labute approximate surface area is 161 Å². The zero-order chi connectivity index (χ0) is 18.6. The number of nitrogens with zero attached hydrogens (tertiary/aromatic N) is 4. The van der Waals surface area contributed by atoms with E-state index in [1.807, 2.05) is 12.1 Å². The van der Waals surface area contributed by atoms with Crippen LogP contribution in [0.5, 0.6) is 0 Å². The third-order valence-electron chi connectivity index (χ3n) is 5.29. The van der Waals surface area contributed by atoms with E-state index >= 15 is 0 Å². The lowest BCUT2D eigenvalue weighted by molar-refractivity contribution is -0.00687. The van der Waals surface area contributed by atoms with E-state index < -0.39 is 0 Å². The summed E-state index contributed by atoms with van der Waals surface area (Å²) in [6, 6.07) is 8.01. The minimum Gasteiger partial charge on any atom is -0.379 e. The van der Waals surface area contributed by atoms with Crippen LogP contribution in [0.2, 0.25) is 5.02 Å². The molecule has 7 heteroatoms. The van der Waals surface area contributed by atoms with Gasteiger partial charge in [-0.15, -0.1) is 0 Å². The lowest BCUT2D eigenvalue weighted by Crippen LogP contribution is -2.53. The summed E-state index contributed by atoms with van der Waals surface area (Å²) >= 11 is 5.97. The van der Waals surface area contributed by atoms with Crippen LogP contribution < -0.4 is 10.6 Å². The van der Waals surface area contributed by atoms with Crippen molar-refractivity contribution in [3.8, 4) is 0 Å². The molecule has 2 aliphatic rings. The number of hydrogen-bond donors (Lipinski definition) is 1. The number of guanidine groups is 1. The van der Waals surface area contributed by atoms with Gasteiger partial charge in [-0.3, -0.25) is 9.89 Å². The van der Waals surface area contributed by atoms with Gasteiger partial charge in [0, 0.05) is 55.5 Å². The fourth-order valence-electron chi connectivity index (χ4n) is 3.49. The zero-order valence-corrected chi connectivity index (χ0v) is 16.6. The lowest BCUT2D eigenvalue weighted by atomic mass is 10.0. The first kappa shape index (κ1) is 19.3. The molecule has 0 bridgehead atoms. The van der Waals surface area contributed by atoms with Gasteiger partial charge in [-0.1, -0.05) is 11.6 Å². The van der Waals surface area contributed by atoms with Gasteiger partial charge in [0.05, 0.1) is 19.8 Å². The van der Waals surface area contributed by atoms with E-state index in [1.54, 1.807) is 0 Å². The molecule has 2 aliphatic heterocycles. The number of aliphatic imine (C=N–C) groups is 1. The Hall–Kier alpha value is -1.50. The maximum absolute atomic E-state index is 6.29. The summed E-state index contributed by atoms with van der Waals surface area (Å²) in [4.78, 5) is 11.7. The van der Waals surface area contributed by atoms with Crippen molar-refractivity contribution in [2.75, 3.05) is 63.9 Å². The smallest absolute Gasteiger partial charge is 0.191 e. The first-order valence-corrected chi connectivity index (χ1v) is 9.72. The van der Waals surface area contributed by atoms with Gasteiger partial charge in [0.15, 0.2) is 5.96 Å². The summed E-state index contributed by atoms with van der Waals surface area (Å²) in [6.45, 7) is 12.3. The summed E-state index contributed by atoms with van der Waals surface area (Å²) in [5, 5.41) is 0.770. The highest BCUT2D eigenvalue weighted by Gasteiger charge is 2.28. The quantitative estimate of drug-likeness (QED) is 0.639. The van der Waals surface area contributed by atoms with E-state index in [4.69, 9.17) is 27.1 Å². The number of benzene rings is 1. The maximum atomic E-state index is 6.29. The fourth-order valence-corrected chi connectivity index (χ4v) is 3.61. The highest BCUT2D eigenvalue weighted by Crippen LogP contribution is 2.20. The number of ether oxygens (including phenoxy) is 1. The van der Waals surface area contributed by atoms with Gasteiger partial charge in [0.25, 0.3) is 0 Å². The third kappa shape index (κ3) is 4.81. The number of nitrogens with two attached hydrogens (primary N) is 1. The number of halogens is 1. The van der Waals surface area contributed by atoms with Crippen molar-refractivity contribution in [2.45, 2.75) is 19.4 Å². The lowest BCUT2D eigenvalue weighted by Gasteiger charge is -2.40. The predicted octanol–water partition coefficient (Wildman–Crippen LogP) is 1.89. The average Bonchev–Trinajstić information content (AvgIpc) is 2.68. The Morgan fingerprint density at radius 2 is 1.69 bits per heavy atom. The van der Waals surface area contributed by atoms with Crippen molar-refractivity contribution in [2.24, 2.45) is 10.7 Å². The molecule has 2 fully saturated rings. The van der Waals surface area contributed by atoms with Crippen molar-refractivity contribution in [1.82, 2.24) is 9.80 Å². The molecular formula is C19H30ClN5O. The Kier molecular flexibility index (Phi) is 6.27. The van der Waals surface area contributed by atoms with Crippen LogP contribution in [0.1, 0.15) is 13.8 Å². The van der Waals surface area contributed by atoms with E-state index in [1.165, 1.54) is 5.69 Å². The first-order valence-electron chi connectivity index (χ1n) is 9.34. The van der Waals surface area contributed by atoms with Crippen LogP contribution in [0.4, 0.5) is 5.69 Å². The van der Waals surface area contributed by atoms with Gasteiger partial charge in [0.2, 0.25) is 0 Å². The molecule has 0 aromatic heterocycles.